The molecule has 0 spiro atoms. The maximum atomic E-state index is 12.5. The minimum atomic E-state index is -0.0823. The lowest BCUT2D eigenvalue weighted by Crippen LogP contribution is -2.37. The number of nitrogens with one attached hydrogen (secondary N) is 1. The van der Waals surface area contributed by atoms with Gasteiger partial charge in [0.2, 0.25) is 0 Å². The number of rotatable bonds is 7. The quantitative estimate of drug-likeness (QED) is 0.748. The van der Waals surface area contributed by atoms with E-state index in [0.29, 0.717) is 17.7 Å². The number of nitrogens with zero attached hydrogens (tertiary/aromatic N) is 2. The SMILES string of the molecule is Cc1ccccc1-c1cnc(NC(=O)N(CCCCO)C2CC2)s1. The third kappa shape index (κ3) is 4.13. The van der Waals surface area contributed by atoms with E-state index in [4.69, 9.17) is 5.11 Å². The Morgan fingerprint density at radius 2 is 2.17 bits per heavy atom. The van der Waals surface area contributed by atoms with Gasteiger partial charge in [-0.1, -0.05) is 35.6 Å². The normalized spacial score (nSPS) is 13.8. The number of hydrogen-bond acceptors (Lipinski definition) is 4. The summed E-state index contributed by atoms with van der Waals surface area (Å²) in [6, 6.07) is 8.43. The summed E-state index contributed by atoms with van der Waals surface area (Å²) in [6.07, 6.45) is 5.51. The van der Waals surface area contributed by atoms with Crippen molar-refractivity contribution in [2.75, 3.05) is 18.5 Å². The second-order valence-electron chi connectivity index (χ2n) is 6.13. The van der Waals surface area contributed by atoms with Gasteiger partial charge >= 0.3 is 6.03 Å². The van der Waals surface area contributed by atoms with E-state index in [0.717, 1.165) is 36.1 Å². The highest BCUT2D eigenvalue weighted by atomic mass is 32.1. The molecule has 2 N–H and O–H groups in total. The van der Waals surface area contributed by atoms with Crippen molar-refractivity contribution in [2.24, 2.45) is 0 Å². The van der Waals surface area contributed by atoms with Crippen molar-refractivity contribution >= 4 is 22.5 Å². The molecule has 1 saturated carbocycles. The summed E-state index contributed by atoms with van der Waals surface area (Å²) in [5.74, 6) is 0. The average molecular weight is 345 g/mol. The Bertz CT molecular complexity index is 697. The first-order valence-electron chi connectivity index (χ1n) is 8.39. The Hall–Kier alpha value is -1.92. The number of carbonyl (C=O) groups is 1. The van der Waals surface area contributed by atoms with Crippen molar-refractivity contribution in [1.29, 1.82) is 0 Å². The maximum absolute atomic E-state index is 12.5. The van der Waals surface area contributed by atoms with Crippen molar-refractivity contribution in [1.82, 2.24) is 9.88 Å². The molecule has 2 aromatic rings. The second-order valence-corrected chi connectivity index (χ2v) is 7.16. The molecule has 0 atom stereocenters. The first-order chi connectivity index (χ1) is 11.7. The molecule has 1 aromatic carbocycles. The third-order valence-corrected chi connectivity index (χ3v) is 5.13. The molecular weight excluding hydrogens is 322 g/mol. The number of aryl methyl sites for hydroxylation is 1. The molecule has 3 rings (SSSR count). The molecule has 1 aliphatic rings. The fraction of sp³-hybridized carbons (Fsp3) is 0.444. The van der Waals surface area contributed by atoms with Crippen LogP contribution in [0.1, 0.15) is 31.2 Å². The summed E-state index contributed by atoms with van der Waals surface area (Å²) in [5.41, 5.74) is 2.35. The largest absolute Gasteiger partial charge is 0.396 e. The van der Waals surface area contributed by atoms with Crippen molar-refractivity contribution < 1.29 is 9.90 Å². The van der Waals surface area contributed by atoms with Crippen LogP contribution in [0.4, 0.5) is 9.93 Å². The lowest BCUT2D eigenvalue weighted by Gasteiger charge is -2.21. The summed E-state index contributed by atoms with van der Waals surface area (Å²) >= 11 is 1.50. The van der Waals surface area contributed by atoms with Crippen LogP contribution in [0.25, 0.3) is 10.4 Å². The second kappa shape index (κ2) is 7.77. The zero-order valence-electron chi connectivity index (χ0n) is 13.9. The van der Waals surface area contributed by atoms with Gasteiger partial charge in [-0.15, -0.1) is 0 Å². The van der Waals surface area contributed by atoms with Crippen molar-refractivity contribution in [3.05, 3.63) is 36.0 Å². The van der Waals surface area contributed by atoms with Crippen LogP contribution >= 0.6 is 11.3 Å². The van der Waals surface area contributed by atoms with Gasteiger partial charge in [0.25, 0.3) is 0 Å². The molecule has 0 unspecified atom stereocenters. The zero-order chi connectivity index (χ0) is 16.9. The number of carbonyl (C=O) groups excluding carboxylic acids is 1. The number of amides is 2. The number of aromatic nitrogens is 1. The van der Waals surface area contributed by atoms with Crippen molar-refractivity contribution in [2.45, 2.75) is 38.6 Å². The molecule has 1 aliphatic carbocycles. The first kappa shape index (κ1) is 16.9. The topological polar surface area (TPSA) is 65.5 Å². The number of hydrogen-bond donors (Lipinski definition) is 2. The molecule has 2 amide bonds. The van der Waals surface area contributed by atoms with E-state index < -0.39 is 0 Å². The number of thiazole rings is 1. The van der Waals surface area contributed by atoms with Crippen LogP contribution in [-0.2, 0) is 0 Å². The Morgan fingerprint density at radius 1 is 1.38 bits per heavy atom. The zero-order valence-corrected chi connectivity index (χ0v) is 14.7. The molecule has 128 valence electrons. The van der Waals surface area contributed by atoms with Gasteiger partial charge in [0.15, 0.2) is 5.13 Å². The lowest BCUT2D eigenvalue weighted by atomic mass is 10.1. The molecule has 1 aromatic heterocycles. The Kier molecular flexibility index (Phi) is 5.48. The van der Waals surface area contributed by atoms with Crippen molar-refractivity contribution in [3.8, 4) is 10.4 Å². The highest BCUT2D eigenvalue weighted by Gasteiger charge is 2.32. The molecule has 24 heavy (non-hydrogen) atoms. The summed E-state index contributed by atoms with van der Waals surface area (Å²) < 4.78 is 0. The van der Waals surface area contributed by atoms with E-state index in [1.165, 1.54) is 16.9 Å². The number of aliphatic hydroxyl groups excluding tert-OH is 1. The van der Waals surface area contributed by atoms with Crippen LogP contribution in [0.15, 0.2) is 30.5 Å². The highest BCUT2D eigenvalue weighted by molar-refractivity contribution is 7.19. The van der Waals surface area contributed by atoms with E-state index in [1.54, 1.807) is 0 Å². The van der Waals surface area contributed by atoms with E-state index in [2.05, 4.69) is 29.4 Å². The molecule has 1 heterocycles. The van der Waals surface area contributed by atoms with Crippen LogP contribution in [0.5, 0.6) is 0 Å². The van der Waals surface area contributed by atoms with E-state index in [-0.39, 0.29) is 12.6 Å². The van der Waals surface area contributed by atoms with Crippen LogP contribution in [0, 0.1) is 6.92 Å². The number of aliphatic hydroxyl groups is 1. The molecule has 6 heteroatoms. The van der Waals surface area contributed by atoms with Crippen molar-refractivity contribution in [3.63, 3.8) is 0 Å². The van der Waals surface area contributed by atoms with Gasteiger partial charge in [-0.2, -0.15) is 0 Å². The minimum absolute atomic E-state index is 0.0823. The summed E-state index contributed by atoms with van der Waals surface area (Å²) in [7, 11) is 0. The first-order valence-corrected chi connectivity index (χ1v) is 9.21. The average Bonchev–Trinajstić information content (AvgIpc) is 3.31. The molecule has 0 aliphatic heterocycles. The lowest BCUT2D eigenvalue weighted by molar-refractivity contribution is 0.204. The summed E-state index contributed by atoms with van der Waals surface area (Å²) in [5, 5.41) is 12.5. The Labute approximate surface area is 146 Å². The standard InChI is InChI=1S/C18H23N3O2S/c1-13-6-2-3-7-15(13)16-12-19-17(24-16)20-18(23)21(14-8-9-14)10-4-5-11-22/h2-3,6-7,12,14,22H,4-5,8-11H2,1H3,(H,19,20,23). The molecule has 1 fully saturated rings. The fourth-order valence-corrected chi connectivity index (χ4v) is 3.60. The number of urea groups is 1. The maximum Gasteiger partial charge on any atom is 0.323 e. The van der Waals surface area contributed by atoms with Crippen LogP contribution in [0.2, 0.25) is 0 Å². The number of anilines is 1. The van der Waals surface area contributed by atoms with Gasteiger partial charge < -0.3 is 10.0 Å². The number of unbranched alkanes of at least 4 members (excludes halogenated alkanes) is 1. The smallest absolute Gasteiger partial charge is 0.323 e. The van der Waals surface area contributed by atoms with Gasteiger partial charge in [0, 0.05) is 25.4 Å². The van der Waals surface area contributed by atoms with Gasteiger partial charge in [-0.3, -0.25) is 5.32 Å². The highest BCUT2D eigenvalue weighted by Crippen LogP contribution is 2.32. The van der Waals surface area contributed by atoms with Crippen LogP contribution in [-0.4, -0.2) is 40.2 Å². The minimum Gasteiger partial charge on any atom is -0.396 e. The predicted octanol–water partition coefficient (Wildman–Crippen LogP) is 3.89. The van der Waals surface area contributed by atoms with Crippen LogP contribution in [0.3, 0.4) is 0 Å². The van der Waals surface area contributed by atoms with Gasteiger partial charge in [0.05, 0.1) is 4.88 Å². The van der Waals surface area contributed by atoms with Crippen LogP contribution < -0.4 is 5.32 Å². The monoisotopic (exact) mass is 345 g/mol. The predicted molar refractivity (Wildman–Crippen MR) is 97.4 cm³/mol. The Morgan fingerprint density at radius 3 is 2.88 bits per heavy atom. The van der Waals surface area contributed by atoms with Gasteiger partial charge in [-0.05, 0) is 43.7 Å². The Balaban J connectivity index is 1.65. The molecule has 0 bridgehead atoms. The molecule has 0 saturated heterocycles. The number of benzene rings is 1. The molecule has 5 nitrogen and oxygen atoms in total. The third-order valence-electron chi connectivity index (χ3n) is 4.19. The summed E-state index contributed by atoms with van der Waals surface area (Å²) in [6.45, 7) is 2.93. The van der Waals surface area contributed by atoms with E-state index in [1.807, 2.05) is 23.2 Å². The van der Waals surface area contributed by atoms with Gasteiger partial charge in [-0.25, -0.2) is 9.78 Å². The summed E-state index contributed by atoms with van der Waals surface area (Å²) in [4.78, 5) is 19.8. The molecular formula is C18H23N3O2S. The van der Waals surface area contributed by atoms with E-state index >= 15 is 0 Å². The van der Waals surface area contributed by atoms with Gasteiger partial charge in [0.1, 0.15) is 0 Å². The molecule has 0 radical (unpaired) electrons. The van der Waals surface area contributed by atoms with E-state index in [9.17, 15) is 4.79 Å². The fourth-order valence-electron chi connectivity index (χ4n) is 2.70.